The van der Waals surface area contributed by atoms with Crippen molar-refractivity contribution >= 4 is 0 Å². The molecule has 0 aromatic heterocycles. The van der Waals surface area contributed by atoms with Crippen LogP contribution < -0.4 is 5.73 Å². The summed E-state index contributed by atoms with van der Waals surface area (Å²) >= 11 is 0. The maximum Gasteiger partial charge on any atom is 0.132 e. The highest BCUT2D eigenvalue weighted by Crippen LogP contribution is 2.34. The summed E-state index contributed by atoms with van der Waals surface area (Å²) in [6, 6.07) is 3.18. The summed E-state index contributed by atoms with van der Waals surface area (Å²) in [6.07, 6.45) is -1.33. The first-order valence-corrected chi connectivity index (χ1v) is 5.99. The van der Waals surface area contributed by atoms with E-state index in [1.807, 2.05) is 13.8 Å². The third-order valence-electron chi connectivity index (χ3n) is 3.26. The van der Waals surface area contributed by atoms with Crippen LogP contribution in [0.3, 0.4) is 0 Å². The molecule has 0 bridgehead atoms. The predicted octanol–water partition coefficient (Wildman–Crippen LogP) is 3.68. The van der Waals surface area contributed by atoms with E-state index in [0.29, 0.717) is 5.56 Å². The molecule has 2 atom stereocenters. The Balaban J connectivity index is 3.15. The molecule has 17 heavy (non-hydrogen) atoms. The molecule has 1 aromatic carbocycles. The normalized spacial score (nSPS) is 15.1. The molecule has 1 nitrogen and oxygen atoms in total. The van der Waals surface area contributed by atoms with Crippen LogP contribution in [0.1, 0.15) is 36.7 Å². The first-order valence-electron chi connectivity index (χ1n) is 5.99. The van der Waals surface area contributed by atoms with Crippen LogP contribution >= 0.6 is 0 Å². The number of halogens is 2. The molecule has 96 valence electrons. The second kappa shape index (κ2) is 5.58. The van der Waals surface area contributed by atoms with Gasteiger partial charge in [-0.15, -0.1) is 0 Å². The van der Waals surface area contributed by atoms with Crippen molar-refractivity contribution < 1.29 is 8.78 Å². The molecule has 0 fully saturated rings. The molecule has 1 rings (SSSR count). The lowest BCUT2D eigenvalue weighted by atomic mass is 9.85. The zero-order valence-electron chi connectivity index (χ0n) is 10.9. The Kier molecular flexibility index (Phi) is 4.63. The zero-order chi connectivity index (χ0) is 13.2. The van der Waals surface area contributed by atoms with Gasteiger partial charge >= 0.3 is 0 Å². The smallest absolute Gasteiger partial charge is 0.132 e. The second-order valence-electron chi connectivity index (χ2n) is 5.02. The Bertz CT molecular complexity index is 365. The van der Waals surface area contributed by atoms with Crippen LogP contribution in [0.25, 0.3) is 0 Å². The highest BCUT2D eigenvalue weighted by Gasteiger charge is 2.28. The van der Waals surface area contributed by atoms with Gasteiger partial charge in [0.15, 0.2) is 0 Å². The van der Waals surface area contributed by atoms with Gasteiger partial charge in [0.05, 0.1) is 0 Å². The zero-order valence-corrected chi connectivity index (χ0v) is 10.9. The first kappa shape index (κ1) is 14.1. The van der Waals surface area contributed by atoms with Gasteiger partial charge in [0.1, 0.15) is 12.0 Å². The van der Waals surface area contributed by atoms with Crippen LogP contribution in [0.5, 0.6) is 0 Å². The van der Waals surface area contributed by atoms with Crippen LogP contribution in [0.4, 0.5) is 8.78 Å². The number of hydrogen-bond acceptors (Lipinski definition) is 1. The van der Waals surface area contributed by atoms with Crippen molar-refractivity contribution in [3.8, 4) is 0 Å². The summed E-state index contributed by atoms with van der Waals surface area (Å²) in [6.45, 7) is 7.59. The molecule has 0 saturated carbocycles. The molecular weight excluding hydrogens is 220 g/mol. The number of benzene rings is 1. The number of rotatable bonds is 4. The molecule has 0 heterocycles. The van der Waals surface area contributed by atoms with Crippen LogP contribution in [0.15, 0.2) is 12.1 Å². The van der Waals surface area contributed by atoms with Gasteiger partial charge in [-0.05, 0) is 43.5 Å². The topological polar surface area (TPSA) is 26.0 Å². The van der Waals surface area contributed by atoms with E-state index in [0.717, 1.165) is 5.56 Å². The molecule has 0 amide bonds. The fourth-order valence-corrected chi connectivity index (χ4v) is 2.22. The fourth-order valence-electron chi connectivity index (χ4n) is 2.22. The first-order chi connectivity index (χ1) is 7.88. The summed E-state index contributed by atoms with van der Waals surface area (Å²) in [7, 11) is 0. The average molecular weight is 241 g/mol. The molecule has 0 radical (unpaired) electrons. The third kappa shape index (κ3) is 3.03. The number of alkyl halides is 1. The van der Waals surface area contributed by atoms with Gasteiger partial charge in [-0.2, -0.15) is 0 Å². The van der Waals surface area contributed by atoms with Gasteiger partial charge in [0.2, 0.25) is 0 Å². The molecule has 0 aliphatic rings. The summed E-state index contributed by atoms with van der Waals surface area (Å²) in [5.41, 5.74) is 7.22. The van der Waals surface area contributed by atoms with E-state index in [9.17, 15) is 8.78 Å². The highest BCUT2D eigenvalue weighted by molar-refractivity contribution is 5.34. The van der Waals surface area contributed by atoms with Crippen molar-refractivity contribution in [1.82, 2.24) is 0 Å². The minimum absolute atomic E-state index is 0.0927. The molecule has 3 heteroatoms. The Morgan fingerprint density at radius 3 is 2.24 bits per heavy atom. The molecule has 2 N–H and O–H groups in total. The van der Waals surface area contributed by atoms with E-state index in [2.05, 4.69) is 0 Å². The Hall–Kier alpha value is -0.960. The molecule has 0 aliphatic carbocycles. The van der Waals surface area contributed by atoms with E-state index in [1.54, 1.807) is 19.9 Å². The van der Waals surface area contributed by atoms with Crippen molar-refractivity contribution in [2.24, 2.45) is 17.6 Å². The molecule has 2 unspecified atom stereocenters. The number of nitrogens with two attached hydrogens (primary N) is 1. The molecule has 0 aliphatic heterocycles. The molecular formula is C14H21F2N. The summed E-state index contributed by atoms with van der Waals surface area (Å²) < 4.78 is 28.2. The minimum Gasteiger partial charge on any atom is -0.330 e. The van der Waals surface area contributed by atoms with Crippen LogP contribution in [-0.4, -0.2) is 6.54 Å². The van der Waals surface area contributed by atoms with Gasteiger partial charge in [-0.3, -0.25) is 0 Å². The van der Waals surface area contributed by atoms with E-state index in [-0.39, 0.29) is 23.9 Å². The van der Waals surface area contributed by atoms with Crippen LogP contribution in [-0.2, 0) is 0 Å². The highest BCUT2D eigenvalue weighted by atomic mass is 19.1. The van der Waals surface area contributed by atoms with Crippen LogP contribution in [0.2, 0.25) is 0 Å². The minimum atomic E-state index is -1.33. The summed E-state index contributed by atoms with van der Waals surface area (Å²) in [5.74, 6) is -0.713. The van der Waals surface area contributed by atoms with Crippen molar-refractivity contribution in [1.29, 1.82) is 0 Å². The molecule has 0 spiro atoms. The Labute approximate surface area is 102 Å². The van der Waals surface area contributed by atoms with Gasteiger partial charge < -0.3 is 5.73 Å². The van der Waals surface area contributed by atoms with E-state index >= 15 is 0 Å². The average Bonchev–Trinajstić information content (AvgIpc) is 2.15. The van der Waals surface area contributed by atoms with Crippen molar-refractivity contribution in [3.05, 3.63) is 34.6 Å². The van der Waals surface area contributed by atoms with E-state index in [4.69, 9.17) is 5.73 Å². The SMILES string of the molecule is Cc1cc(C)c(C(F)C(CN)C(C)C)c(F)c1. The third-order valence-corrected chi connectivity index (χ3v) is 3.26. The second-order valence-corrected chi connectivity index (χ2v) is 5.02. The molecule has 0 saturated heterocycles. The quantitative estimate of drug-likeness (QED) is 0.855. The largest absolute Gasteiger partial charge is 0.330 e. The predicted molar refractivity (Wildman–Crippen MR) is 67.1 cm³/mol. The maximum atomic E-state index is 14.4. The van der Waals surface area contributed by atoms with Crippen LogP contribution in [0, 0.1) is 31.5 Å². The summed E-state index contributed by atoms with van der Waals surface area (Å²) in [5, 5.41) is 0. The Morgan fingerprint density at radius 2 is 1.82 bits per heavy atom. The van der Waals surface area contributed by atoms with Crippen molar-refractivity contribution in [2.75, 3.05) is 6.54 Å². The maximum absolute atomic E-state index is 14.4. The number of aryl methyl sites for hydroxylation is 2. The van der Waals surface area contributed by atoms with Gasteiger partial charge in [0.25, 0.3) is 0 Å². The van der Waals surface area contributed by atoms with E-state index in [1.165, 1.54) is 6.07 Å². The van der Waals surface area contributed by atoms with E-state index < -0.39 is 12.0 Å². The van der Waals surface area contributed by atoms with Crippen molar-refractivity contribution in [3.63, 3.8) is 0 Å². The standard InChI is InChI=1S/C14H21F2N/c1-8(2)11(7-17)14(16)13-10(4)5-9(3)6-12(13)15/h5-6,8,11,14H,7,17H2,1-4H3. The van der Waals surface area contributed by atoms with Gasteiger partial charge in [-0.25, -0.2) is 8.78 Å². The summed E-state index contributed by atoms with van der Waals surface area (Å²) in [4.78, 5) is 0. The lowest BCUT2D eigenvalue weighted by Gasteiger charge is -2.25. The Morgan fingerprint density at radius 1 is 1.24 bits per heavy atom. The molecule has 1 aromatic rings. The van der Waals surface area contributed by atoms with Crippen molar-refractivity contribution in [2.45, 2.75) is 33.9 Å². The lowest BCUT2D eigenvalue weighted by Crippen LogP contribution is -2.25. The van der Waals surface area contributed by atoms with Gasteiger partial charge in [0, 0.05) is 11.5 Å². The fraction of sp³-hybridized carbons (Fsp3) is 0.571. The lowest BCUT2D eigenvalue weighted by molar-refractivity contribution is 0.183. The van der Waals surface area contributed by atoms with Gasteiger partial charge in [-0.1, -0.05) is 19.9 Å². The monoisotopic (exact) mass is 241 g/mol. The number of hydrogen-bond donors (Lipinski definition) is 1.